The highest BCUT2D eigenvalue weighted by Gasteiger charge is 2.42. The Morgan fingerprint density at radius 1 is 1.50 bits per heavy atom. The van der Waals surface area contributed by atoms with Crippen LogP contribution in [0.1, 0.15) is 6.42 Å². The van der Waals surface area contributed by atoms with Gasteiger partial charge in [0.05, 0.1) is 0 Å². The lowest BCUT2D eigenvalue weighted by molar-refractivity contribution is -0.116. The average Bonchev–Trinajstić information content (AvgIpc) is 1.76. The summed E-state index contributed by atoms with van der Waals surface area (Å²) in [6.07, 6.45) is 6.55. The zero-order valence-corrected chi connectivity index (χ0v) is 4.58. The van der Waals surface area contributed by atoms with E-state index in [0.717, 1.165) is 18.6 Å². The number of hydrogen-bond donors (Lipinski definition) is 0. The van der Waals surface area contributed by atoms with Crippen molar-refractivity contribution in [1.82, 2.24) is 0 Å². The molecule has 0 saturated heterocycles. The fraction of sp³-hybridized carbons (Fsp3) is 0.571. The predicted molar refractivity (Wildman–Crippen MR) is 30.3 cm³/mol. The Kier molecular flexibility index (Phi) is 0.655. The molecule has 2 rings (SSSR count). The summed E-state index contributed by atoms with van der Waals surface area (Å²) < 4.78 is 0. The summed E-state index contributed by atoms with van der Waals surface area (Å²) in [5, 5.41) is 0. The molecule has 8 heavy (non-hydrogen) atoms. The monoisotopic (exact) mass is 108 g/mol. The maximum absolute atomic E-state index is 10.1. The maximum Gasteiger partial charge on any atom is 0.123 e. The van der Waals surface area contributed by atoms with Crippen molar-refractivity contribution in [3.63, 3.8) is 0 Å². The van der Waals surface area contributed by atoms with E-state index in [1.165, 1.54) is 0 Å². The number of carbonyl (C=O) groups excluding carboxylic acids is 1. The van der Waals surface area contributed by atoms with Crippen molar-refractivity contribution >= 4 is 6.29 Å². The van der Waals surface area contributed by atoms with E-state index in [4.69, 9.17) is 0 Å². The third-order valence-electron chi connectivity index (χ3n) is 2.29. The Balaban J connectivity index is 2.08. The van der Waals surface area contributed by atoms with Crippen LogP contribution in [0.4, 0.5) is 0 Å². The fourth-order valence-corrected chi connectivity index (χ4v) is 1.51. The first-order chi connectivity index (χ1) is 3.92. The van der Waals surface area contributed by atoms with Gasteiger partial charge >= 0.3 is 0 Å². The predicted octanol–water partition coefficient (Wildman–Crippen LogP) is 1.01. The van der Waals surface area contributed by atoms with Crippen LogP contribution in [0, 0.1) is 17.8 Å². The molecule has 0 aromatic heterocycles. The van der Waals surface area contributed by atoms with Gasteiger partial charge in [0.2, 0.25) is 0 Å². The largest absolute Gasteiger partial charge is 0.303 e. The summed E-state index contributed by atoms with van der Waals surface area (Å²) in [7, 11) is 0. The molecule has 1 fully saturated rings. The van der Waals surface area contributed by atoms with Gasteiger partial charge in [0, 0.05) is 5.92 Å². The van der Waals surface area contributed by atoms with E-state index >= 15 is 0 Å². The van der Waals surface area contributed by atoms with Crippen molar-refractivity contribution in [3.05, 3.63) is 12.2 Å². The normalized spacial score (nSPS) is 48.8. The highest BCUT2D eigenvalue weighted by Crippen LogP contribution is 2.47. The van der Waals surface area contributed by atoms with Crippen LogP contribution in [0.15, 0.2) is 12.2 Å². The molecule has 0 N–H and O–H groups in total. The first-order valence-corrected chi connectivity index (χ1v) is 3.05. The molecule has 0 amide bonds. The van der Waals surface area contributed by atoms with Gasteiger partial charge in [-0.3, -0.25) is 0 Å². The summed E-state index contributed by atoms with van der Waals surface area (Å²) in [5.74, 6) is 1.81. The molecule has 0 radical (unpaired) electrons. The SMILES string of the molecule is O=CC1CC2C=CC12. The van der Waals surface area contributed by atoms with E-state index in [9.17, 15) is 4.79 Å². The van der Waals surface area contributed by atoms with Gasteiger partial charge in [0.15, 0.2) is 0 Å². The van der Waals surface area contributed by atoms with E-state index in [1.807, 2.05) is 0 Å². The van der Waals surface area contributed by atoms with Crippen molar-refractivity contribution in [3.8, 4) is 0 Å². The van der Waals surface area contributed by atoms with E-state index < -0.39 is 0 Å². The molecular formula is C7H8O. The van der Waals surface area contributed by atoms with Crippen molar-refractivity contribution < 1.29 is 4.79 Å². The molecule has 0 aromatic rings. The van der Waals surface area contributed by atoms with Crippen molar-refractivity contribution in [2.45, 2.75) is 6.42 Å². The van der Waals surface area contributed by atoms with Gasteiger partial charge in [-0.05, 0) is 18.3 Å². The quantitative estimate of drug-likeness (QED) is 0.362. The van der Waals surface area contributed by atoms with Crippen LogP contribution in [-0.4, -0.2) is 6.29 Å². The Morgan fingerprint density at radius 3 is 2.50 bits per heavy atom. The number of fused-ring (bicyclic) bond motifs is 1. The Morgan fingerprint density at radius 2 is 2.38 bits per heavy atom. The fourth-order valence-electron chi connectivity index (χ4n) is 1.51. The zero-order valence-electron chi connectivity index (χ0n) is 4.58. The van der Waals surface area contributed by atoms with Crippen molar-refractivity contribution in [2.24, 2.45) is 17.8 Å². The second-order valence-electron chi connectivity index (χ2n) is 2.66. The highest BCUT2D eigenvalue weighted by molar-refractivity contribution is 5.58. The van der Waals surface area contributed by atoms with Gasteiger partial charge in [-0.15, -0.1) is 0 Å². The lowest BCUT2D eigenvalue weighted by Crippen LogP contribution is -2.40. The topological polar surface area (TPSA) is 17.1 Å². The Labute approximate surface area is 48.4 Å². The Hall–Kier alpha value is -0.590. The molecule has 1 saturated carbocycles. The molecule has 3 atom stereocenters. The minimum absolute atomic E-state index is 0.380. The van der Waals surface area contributed by atoms with Gasteiger partial charge in [-0.25, -0.2) is 0 Å². The van der Waals surface area contributed by atoms with Crippen molar-refractivity contribution in [2.75, 3.05) is 0 Å². The summed E-state index contributed by atoms with van der Waals surface area (Å²) in [5.41, 5.74) is 0. The molecule has 2 aliphatic carbocycles. The molecule has 1 heteroatoms. The van der Waals surface area contributed by atoms with Crippen LogP contribution in [0.2, 0.25) is 0 Å². The molecule has 0 heterocycles. The molecule has 0 bridgehead atoms. The molecule has 0 spiro atoms. The van der Waals surface area contributed by atoms with Crippen LogP contribution in [-0.2, 0) is 4.79 Å². The van der Waals surface area contributed by atoms with Crippen LogP contribution in [0.3, 0.4) is 0 Å². The summed E-state index contributed by atoms with van der Waals surface area (Å²) in [6, 6.07) is 0. The molecule has 42 valence electrons. The zero-order chi connectivity index (χ0) is 5.56. The van der Waals surface area contributed by atoms with E-state index in [0.29, 0.717) is 11.8 Å². The average molecular weight is 108 g/mol. The van der Waals surface area contributed by atoms with Crippen molar-refractivity contribution in [1.29, 1.82) is 0 Å². The van der Waals surface area contributed by atoms with Gasteiger partial charge < -0.3 is 4.79 Å². The summed E-state index contributed by atoms with van der Waals surface area (Å²) in [4.78, 5) is 10.1. The number of allylic oxidation sites excluding steroid dienone is 2. The smallest absolute Gasteiger partial charge is 0.123 e. The first-order valence-electron chi connectivity index (χ1n) is 3.05. The first kappa shape index (κ1) is 4.30. The number of carbonyl (C=O) groups is 1. The van der Waals surface area contributed by atoms with Crippen LogP contribution in [0.5, 0.6) is 0 Å². The molecule has 0 aliphatic heterocycles. The summed E-state index contributed by atoms with van der Waals surface area (Å²) >= 11 is 0. The third-order valence-corrected chi connectivity index (χ3v) is 2.29. The number of aldehydes is 1. The third kappa shape index (κ3) is 0.310. The maximum atomic E-state index is 10.1. The highest BCUT2D eigenvalue weighted by atomic mass is 16.1. The second kappa shape index (κ2) is 1.22. The van der Waals surface area contributed by atoms with Gasteiger partial charge in [0.1, 0.15) is 6.29 Å². The van der Waals surface area contributed by atoms with E-state index in [1.54, 1.807) is 0 Å². The Bertz CT molecular complexity index is 148. The number of hydrogen-bond acceptors (Lipinski definition) is 1. The van der Waals surface area contributed by atoms with Crippen LogP contribution >= 0.6 is 0 Å². The van der Waals surface area contributed by atoms with E-state index in [-0.39, 0.29) is 0 Å². The van der Waals surface area contributed by atoms with Gasteiger partial charge in [0.25, 0.3) is 0 Å². The molecule has 3 unspecified atom stereocenters. The van der Waals surface area contributed by atoms with Crippen LogP contribution < -0.4 is 0 Å². The summed E-state index contributed by atoms with van der Waals surface area (Å²) in [6.45, 7) is 0. The molecule has 0 aromatic carbocycles. The molecule has 1 nitrogen and oxygen atoms in total. The standard InChI is InChI=1S/C7H8O/c8-4-6-3-5-1-2-7(5)6/h1-2,4-7H,3H2. The lowest BCUT2D eigenvalue weighted by atomic mass is 9.59. The second-order valence-corrected chi connectivity index (χ2v) is 2.66. The van der Waals surface area contributed by atoms with Crippen LogP contribution in [0.25, 0.3) is 0 Å². The molecule has 2 aliphatic rings. The van der Waals surface area contributed by atoms with Gasteiger partial charge in [-0.2, -0.15) is 0 Å². The molecular weight excluding hydrogens is 100 g/mol. The van der Waals surface area contributed by atoms with E-state index in [2.05, 4.69) is 12.2 Å². The minimum atomic E-state index is 0.380. The minimum Gasteiger partial charge on any atom is -0.303 e. The number of rotatable bonds is 1. The van der Waals surface area contributed by atoms with Gasteiger partial charge in [-0.1, -0.05) is 12.2 Å². The lowest BCUT2D eigenvalue weighted by Gasteiger charge is -2.44.